The summed E-state index contributed by atoms with van der Waals surface area (Å²) in [6.07, 6.45) is 1.62. The molecular weight excluding hydrogens is 654 g/mol. The largest absolute Gasteiger partial charge is 0.444 e. The quantitative estimate of drug-likeness (QED) is 0.378. The minimum Gasteiger partial charge on any atom is -0.444 e. The molecule has 11 nitrogen and oxygen atoms in total. The molecule has 2 saturated heterocycles. The highest BCUT2D eigenvalue weighted by Gasteiger charge is 2.43. The van der Waals surface area contributed by atoms with Crippen LogP contribution < -0.4 is 20.9 Å². The lowest BCUT2D eigenvalue weighted by Crippen LogP contribution is -2.49. The van der Waals surface area contributed by atoms with Crippen molar-refractivity contribution in [2.45, 2.75) is 75.3 Å². The Kier molecular flexibility index (Phi) is 10.4. The second-order valence-electron chi connectivity index (χ2n) is 13.5. The van der Waals surface area contributed by atoms with Crippen molar-refractivity contribution in [1.82, 2.24) is 14.6 Å². The second kappa shape index (κ2) is 13.8. The summed E-state index contributed by atoms with van der Waals surface area (Å²) in [5.41, 5.74) is 5.40. The van der Waals surface area contributed by atoms with E-state index in [-0.39, 0.29) is 66.6 Å². The van der Waals surface area contributed by atoms with Gasteiger partial charge in [-0.3, -0.25) is 4.79 Å². The lowest BCUT2D eigenvalue weighted by Gasteiger charge is -2.36. The molecule has 1 atom stereocenters. The van der Waals surface area contributed by atoms with Crippen LogP contribution in [0.5, 0.6) is 0 Å². The van der Waals surface area contributed by atoms with Gasteiger partial charge in [0.15, 0.2) is 0 Å². The van der Waals surface area contributed by atoms with Gasteiger partial charge < -0.3 is 25.6 Å². The van der Waals surface area contributed by atoms with Gasteiger partial charge in [-0.25, -0.2) is 27.0 Å². The van der Waals surface area contributed by atoms with Crippen molar-refractivity contribution in [2.75, 3.05) is 49.1 Å². The van der Waals surface area contributed by atoms with Crippen molar-refractivity contribution in [2.24, 2.45) is 17.6 Å². The van der Waals surface area contributed by atoms with Gasteiger partial charge in [0.25, 0.3) is 5.92 Å². The van der Waals surface area contributed by atoms with Crippen molar-refractivity contribution in [1.29, 1.82) is 0 Å². The van der Waals surface area contributed by atoms with E-state index in [2.05, 4.69) is 10.3 Å². The number of hydrogen-bond acceptors (Lipinski definition) is 8. The zero-order chi connectivity index (χ0) is 34.1. The third-order valence-electron chi connectivity index (χ3n) is 9.05. The summed E-state index contributed by atoms with van der Waals surface area (Å²) in [6, 6.07) is 8.19. The lowest BCUT2D eigenvalue weighted by molar-refractivity contribution is -0.117. The van der Waals surface area contributed by atoms with E-state index in [4.69, 9.17) is 22.1 Å². The monoisotopic (exact) mass is 696 g/mol. The predicted octanol–water partition coefficient (Wildman–Crippen LogP) is 4.73. The molecule has 258 valence electrons. The van der Waals surface area contributed by atoms with Gasteiger partial charge in [0.2, 0.25) is 15.9 Å². The number of nitrogens with one attached hydrogen (secondary N) is 1. The van der Waals surface area contributed by atoms with Crippen LogP contribution in [0.25, 0.3) is 0 Å². The average Bonchev–Trinajstić information content (AvgIpc) is 3.39. The van der Waals surface area contributed by atoms with Crippen molar-refractivity contribution >= 4 is 45.1 Å². The Bertz CT molecular complexity index is 1560. The molecule has 1 aromatic heterocycles. The van der Waals surface area contributed by atoms with Crippen LogP contribution in [0.15, 0.2) is 41.3 Å². The third-order valence-corrected chi connectivity index (χ3v) is 11.2. The number of alkyl carbamates (subject to hydrolysis) is 1. The Balaban J connectivity index is 1.20. The summed E-state index contributed by atoms with van der Waals surface area (Å²) in [5.74, 6) is -3.51. The molecule has 0 bridgehead atoms. The molecule has 2 aromatic rings. The SMILES string of the molecule is CC(C)(C)OC(=O)NC1CC(=O)N(c2ccc(S(=O)(=O)N3CCN(c4cc(C(F)(F)C5CCC(CN)CC5)cc(Cl)n4)CC3)cc2)C1. The molecule has 47 heavy (non-hydrogen) atoms. The molecule has 3 aliphatic rings. The van der Waals surface area contributed by atoms with Crippen molar-refractivity contribution < 1.29 is 31.5 Å². The number of amides is 2. The van der Waals surface area contributed by atoms with E-state index >= 15 is 8.78 Å². The average molecular weight is 697 g/mol. The Hall–Kier alpha value is -3.07. The highest BCUT2D eigenvalue weighted by atomic mass is 35.5. The molecule has 3 fully saturated rings. The summed E-state index contributed by atoms with van der Waals surface area (Å²) >= 11 is 6.22. The first kappa shape index (κ1) is 35.2. The Morgan fingerprint density at radius 1 is 1.06 bits per heavy atom. The molecule has 3 N–H and O–H groups in total. The van der Waals surface area contributed by atoms with Gasteiger partial charge in [-0.05, 0) is 95.3 Å². The number of carbonyl (C=O) groups excluding carboxylic acids is 2. The summed E-state index contributed by atoms with van der Waals surface area (Å²) in [5, 5.41) is 2.67. The molecule has 2 aliphatic heterocycles. The number of nitrogens with zero attached hydrogens (tertiary/aromatic N) is 4. The first-order chi connectivity index (χ1) is 22.1. The number of rotatable bonds is 8. The van der Waals surface area contributed by atoms with Crippen LogP contribution in [0.2, 0.25) is 5.15 Å². The molecule has 0 spiro atoms. The molecule has 1 saturated carbocycles. The number of benzene rings is 1. The number of sulfonamides is 1. The first-order valence-corrected chi connectivity index (χ1v) is 17.8. The van der Waals surface area contributed by atoms with Crippen molar-refractivity contribution in [3.63, 3.8) is 0 Å². The fourth-order valence-electron chi connectivity index (χ4n) is 6.47. The second-order valence-corrected chi connectivity index (χ2v) is 15.9. The Labute approximate surface area is 279 Å². The van der Waals surface area contributed by atoms with Gasteiger partial charge in [-0.1, -0.05) is 11.6 Å². The standard InChI is InChI=1S/C32H43ClF2N6O5S/c1-31(2,3)46-30(43)37-24-18-29(42)41(20-24)25-8-10-26(11-9-25)47(44,45)40-14-12-39(13-15-40)28-17-23(16-27(33)38-28)32(34,35)22-6-4-21(19-36)5-7-22/h8-11,16-17,21-22,24H,4-7,12-15,18-20,36H2,1-3H3,(H,37,43). The molecule has 3 heterocycles. The minimum atomic E-state index is -3.87. The van der Waals surface area contributed by atoms with Gasteiger partial charge in [-0.2, -0.15) is 4.31 Å². The van der Waals surface area contributed by atoms with Crippen LogP contribution >= 0.6 is 11.6 Å². The Morgan fingerprint density at radius 3 is 2.30 bits per heavy atom. The first-order valence-electron chi connectivity index (χ1n) is 16.0. The summed E-state index contributed by atoms with van der Waals surface area (Å²) in [4.78, 5) is 32.4. The van der Waals surface area contributed by atoms with E-state index in [1.807, 2.05) is 0 Å². The topological polar surface area (TPSA) is 138 Å². The molecule has 5 rings (SSSR count). The number of pyridine rings is 1. The smallest absolute Gasteiger partial charge is 0.407 e. The van der Waals surface area contributed by atoms with Crippen molar-refractivity contribution in [3.8, 4) is 0 Å². The number of anilines is 2. The van der Waals surface area contributed by atoms with E-state index in [1.54, 1.807) is 37.8 Å². The number of aromatic nitrogens is 1. The van der Waals surface area contributed by atoms with Crippen LogP contribution in [0.1, 0.15) is 58.4 Å². The van der Waals surface area contributed by atoms with Gasteiger partial charge in [0.05, 0.1) is 10.9 Å². The zero-order valence-corrected chi connectivity index (χ0v) is 28.5. The molecule has 15 heteroatoms. The number of nitrogens with two attached hydrogens (primary N) is 1. The van der Waals surface area contributed by atoms with Crippen LogP contribution in [0.4, 0.5) is 25.1 Å². The van der Waals surface area contributed by atoms with E-state index in [1.165, 1.54) is 33.5 Å². The van der Waals surface area contributed by atoms with Crippen LogP contribution in [-0.2, 0) is 25.5 Å². The number of ether oxygens (including phenoxy) is 1. The number of carbonyl (C=O) groups is 2. The summed E-state index contributed by atoms with van der Waals surface area (Å²) < 4.78 is 64.8. The van der Waals surface area contributed by atoms with Crippen molar-refractivity contribution in [3.05, 3.63) is 47.1 Å². The van der Waals surface area contributed by atoms with Gasteiger partial charge >= 0.3 is 6.09 Å². The van der Waals surface area contributed by atoms with Crippen LogP contribution in [0.3, 0.4) is 0 Å². The third kappa shape index (κ3) is 8.15. The van der Waals surface area contributed by atoms with E-state index in [0.29, 0.717) is 43.7 Å². The van der Waals surface area contributed by atoms with Gasteiger partial charge in [-0.15, -0.1) is 0 Å². The summed E-state index contributed by atoms with van der Waals surface area (Å²) in [6.45, 7) is 6.71. The van der Waals surface area contributed by atoms with Gasteiger partial charge in [0, 0.05) is 56.3 Å². The maximum atomic E-state index is 15.6. The fourth-order valence-corrected chi connectivity index (χ4v) is 8.09. The maximum absolute atomic E-state index is 15.6. The van der Waals surface area contributed by atoms with Gasteiger partial charge in [0.1, 0.15) is 16.6 Å². The Morgan fingerprint density at radius 2 is 1.70 bits per heavy atom. The molecule has 0 radical (unpaired) electrons. The maximum Gasteiger partial charge on any atom is 0.407 e. The van der Waals surface area contributed by atoms with Crippen LogP contribution in [0, 0.1) is 11.8 Å². The number of hydrogen-bond donors (Lipinski definition) is 2. The number of halogens is 3. The van der Waals surface area contributed by atoms with Crippen LogP contribution in [-0.4, -0.2) is 80.6 Å². The highest BCUT2D eigenvalue weighted by molar-refractivity contribution is 7.89. The lowest BCUT2D eigenvalue weighted by atomic mass is 9.77. The minimum absolute atomic E-state index is 0.0358. The molecule has 2 amide bonds. The predicted molar refractivity (Wildman–Crippen MR) is 175 cm³/mol. The number of piperazine rings is 1. The molecule has 1 aliphatic carbocycles. The van der Waals surface area contributed by atoms with E-state index in [0.717, 1.165) is 0 Å². The summed E-state index contributed by atoms with van der Waals surface area (Å²) in [7, 11) is -3.87. The highest BCUT2D eigenvalue weighted by Crippen LogP contribution is 2.46. The molecular formula is C32H43ClF2N6O5S. The number of alkyl halides is 2. The normalized spacial score (nSPS) is 23.2. The molecule has 1 unspecified atom stereocenters. The van der Waals surface area contributed by atoms with E-state index in [9.17, 15) is 18.0 Å². The van der Waals surface area contributed by atoms with E-state index < -0.39 is 39.6 Å². The zero-order valence-electron chi connectivity index (χ0n) is 26.9. The molecule has 1 aromatic carbocycles. The fraction of sp³-hybridized carbons (Fsp3) is 0.594.